The maximum Gasteiger partial charge on any atom is 0.309 e. The number of carboxylic acid groups (broad SMARTS) is 1. The number of hydrogen-bond acceptors (Lipinski definition) is 3. The van der Waals surface area contributed by atoms with E-state index in [0.717, 1.165) is 0 Å². The van der Waals surface area contributed by atoms with Crippen LogP contribution in [0.2, 0.25) is 0 Å². The predicted molar refractivity (Wildman–Crippen MR) is 41.6 cm³/mol. The van der Waals surface area contributed by atoms with Crippen LogP contribution in [0.25, 0.3) is 0 Å². The van der Waals surface area contributed by atoms with E-state index in [0.29, 0.717) is 6.42 Å². The van der Waals surface area contributed by atoms with Crippen molar-refractivity contribution in [3.63, 3.8) is 0 Å². The van der Waals surface area contributed by atoms with Gasteiger partial charge in [-0.3, -0.25) is 4.79 Å². The van der Waals surface area contributed by atoms with Crippen LogP contribution in [0, 0.1) is 11.3 Å². The number of carboxylic acids is 1. The zero-order valence-electron chi connectivity index (χ0n) is 7.03. The lowest BCUT2D eigenvalue weighted by Crippen LogP contribution is -2.24. The smallest absolute Gasteiger partial charge is 0.309 e. The highest BCUT2D eigenvalue weighted by Crippen LogP contribution is 2.41. The van der Waals surface area contributed by atoms with Crippen molar-refractivity contribution in [2.45, 2.75) is 25.9 Å². The van der Waals surface area contributed by atoms with Crippen LogP contribution in [0.5, 0.6) is 0 Å². The second kappa shape index (κ2) is 3.03. The van der Waals surface area contributed by atoms with E-state index in [-0.39, 0.29) is 18.9 Å². The molecule has 4 heteroatoms. The first-order chi connectivity index (χ1) is 5.49. The van der Waals surface area contributed by atoms with Gasteiger partial charge in [-0.1, -0.05) is 0 Å². The van der Waals surface area contributed by atoms with Crippen molar-refractivity contribution in [3.05, 3.63) is 0 Å². The Morgan fingerprint density at radius 1 is 1.58 bits per heavy atom. The molecule has 0 aromatic carbocycles. The summed E-state index contributed by atoms with van der Waals surface area (Å²) in [6, 6.07) is 0. The van der Waals surface area contributed by atoms with E-state index >= 15 is 0 Å². The molecule has 0 aromatic heterocycles. The molecule has 1 saturated carbocycles. The number of aliphatic carboxylic acids is 1. The lowest BCUT2D eigenvalue weighted by molar-refractivity contribution is -0.148. The molecule has 3 unspecified atom stereocenters. The van der Waals surface area contributed by atoms with Gasteiger partial charge < -0.3 is 15.3 Å². The highest BCUT2D eigenvalue weighted by Gasteiger charge is 2.46. The lowest BCUT2D eigenvalue weighted by Gasteiger charge is -2.16. The van der Waals surface area contributed by atoms with Crippen molar-refractivity contribution < 1.29 is 20.1 Å². The van der Waals surface area contributed by atoms with Crippen LogP contribution < -0.4 is 0 Å². The molecule has 70 valence electrons. The molecule has 0 spiro atoms. The van der Waals surface area contributed by atoms with Crippen molar-refractivity contribution in [2.24, 2.45) is 11.3 Å². The third-order valence-corrected chi connectivity index (χ3v) is 2.67. The number of carbonyl (C=O) groups is 1. The summed E-state index contributed by atoms with van der Waals surface area (Å²) in [7, 11) is 0. The summed E-state index contributed by atoms with van der Waals surface area (Å²) in [5.74, 6) is -1.16. The standard InChI is InChI=1S/C8H14O4/c1-8(7(11)12)2-5(4-9)6(10)3-8/h5-6,9-10H,2-4H2,1H3,(H,11,12). The second-order valence-electron chi connectivity index (χ2n) is 3.78. The summed E-state index contributed by atoms with van der Waals surface area (Å²) < 4.78 is 0. The average molecular weight is 174 g/mol. The molecule has 3 atom stereocenters. The van der Waals surface area contributed by atoms with Crippen LogP contribution in [0.3, 0.4) is 0 Å². The van der Waals surface area contributed by atoms with Gasteiger partial charge in [0.15, 0.2) is 0 Å². The molecule has 4 nitrogen and oxygen atoms in total. The summed E-state index contributed by atoms with van der Waals surface area (Å²) in [4.78, 5) is 10.7. The van der Waals surface area contributed by atoms with Crippen LogP contribution in [-0.2, 0) is 4.79 Å². The maximum absolute atomic E-state index is 10.7. The molecule has 0 aliphatic heterocycles. The highest BCUT2D eigenvalue weighted by molar-refractivity contribution is 5.74. The predicted octanol–water partition coefficient (Wildman–Crippen LogP) is -0.160. The minimum Gasteiger partial charge on any atom is -0.481 e. The molecule has 0 aromatic rings. The topological polar surface area (TPSA) is 77.8 Å². The van der Waals surface area contributed by atoms with Gasteiger partial charge in [-0.15, -0.1) is 0 Å². The first kappa shape index (κ1) is 9.48. The Labute approximate surface area is 70.8 Å². The zero-order chi connectivity index (χ0) is 9.35. The van der Waals surface area contributed by atoms with Crippen LogP contribution >= 0.6 is 0 Å². The largest absolute Gasteiger partial charge is 0.481 e. The highest BCUT2D eigenvalue weighted by atomic mass is 16.4. The van der Waals surface area contributed by atoms with E-state index in [4.69, 9.17) is 10.2 Å². The Balaban J connectivity index is 2.70. The summed E-state index contributed by atoms with van der Waals surface area (Å²) in [5, 5.41) is 27.0. The van der Waals surface area contributed by atoms with Crippen molar-refractivity contribution in [2.75, 3.05) is 6.61 Å². The van der Waals surface area contributed by atoms with E-state index in [2.05, 4.69) is 0 Å². The maximum atomic E-state index is 10.7. The monoisotopic (exact) mass is 174 g/mol. The minimum absolute atomic E-state index is 0.135. The van der Waals surface area contributed by atoms with E-state index in [1.807, 2.05) is 0 Å². The minimum atomic E-state index is -0.891. The molecule has 1 aliphatic carbocycles. The van der Waals surface area contributed by atoms with Crippen molar-refractivity contribution in [1.29, 1.82) is 0 Å². The van der Waals surface area contributed by atoms with Crippen molar-refractivity contribution in [3.8, 4) is 0 Å². The zero-order valence-corrected chi connectivity index (χ0v) is 7.03. The number of hydrogen-bond donors (Lipinski definition) is 3. The van der Waals surface area contributed by atoms with Gasteiger partial charge in [-0.25, -0.2) is 0 Å². The molecule has 0 radical (unpaired) electrons. The number of rotatable bonds is 2. The molecule has 0 bridgehead atoms. The van der Waals surface area contributed by atoms with Gasteiger partial charge >= 0.3 is 5.97 Å². The molecule has 12 heavy (non-hydrogen) atoms. The molecular formula is C8H14O4. The lowest BCUT2D eigenvalue weighted by atomic mass is 9.88. The molecule has 0 heterocycles. The van der Waals surface area contributed by atoms with E-state index in [9.17, 15) is 9.90 Å². The normalized spacial score (nSPS) is 41.6. The molecule has 1 aliphatic rings. The van der Waals surface area contributed by atoms with E-state index in [1.165, 1.54) is 0 Å². The van der Waals surface area contributed by atoms with Gasteiger partial charge in [0.1, 0.15) is 0 Å². The fraction of sp³-hybridized carbons (Fsp3) is 0.875. The summed E-state index contributed by atoms with van der Waals surface area (Å²) >= 11 is 0. The quantitative estimate of drug-likeness (QED) is 0.543. The Morgan fingerprint density at radius 3 is 2.42 bits per heavy atom. The molecular weight excluding hydrogens is 160 g/mol. The van der Waals surface area contributed by atoms with Crippen LogP contribution in [0.1, 0.15) is 19.8 Å². The first-order valence-electron chi connectivity index (χ1n) is 4.02. The van der Waals surface area contributed by atoms with E-state index < -0.39 is 17.5 Å². The van der Waals surface area contributed by atoms with E-state index in [1.54, 1.807) is 6.92 Å². The molecule has 3 N–H and O–H groups in total. The Hall–Kier alpha value is -0.610. The van der Waals surface area contributed by atoms with Gasteiger partial charge in [0.2, 0.25) is 0 Å². The number of aliphatic hydroxyl groups is 2. The second-order valence-corrected chi connectivity index (χ2v) is 3.78. The van der Waals surface area contributed by atoms with Gasteiger partial charge in [0.05, 0.1) is 11.5 Å². The fourth-order valence-electron chi connectivity index (χ4n) is 1.79. The third-order valence-electron chi connectivity index (χ3n) is 2.67. The Morgan fingerprint density at radius 2 is 2.17 bits per heavy atom. The van der Waals surface area contributed by atoms with Crippen molar-refractivity contribution >= 4 is 5.97 Å². The molecule has 1 rings (SSSR count). The SMILES string of the molecule is CC1(C(=O)O)CC(O)C(CO)C1. The van der Waals surface area contributed by atoms with Crippen molar-refractivity contribution in [1.82, 2.24) is 0 Å². The van der Waals surface area contributed by atoms with Gasteiger partial charge in [0, 0.05) is 12.5 Å². The Bertz CT molecular complexity index is 191. The first-order valence-corrected chi connectivity index (χ1v) is 4.02. The fourth-order valence-corrected chi connectivity index (χ4v) is 1.79. The molecule has 0 amide bonds. The number of aliphatic hydroxyl groups excluding tert-OH is 2. The summed E-state index contributed by atoms with van der Waals surface area (Å²) in [6.07, 6.45) is -0.0656. The van der Waals surface area contributed by atoms with Gasteiger partial charge in [-0.05, 0) is 19.8 Å². The average Bonchev–Trinajstić information content (AvgIpc) is 2.27. The summed E-state index contributed by atoms with van der Waals surface area (Å²) in [6.45, 7) is 1.47. The van der Waals surface area contributed by atoms with Gasteiger partial charge in [-0.2, -0.15) is 0 Å². The van der Waals surface area contributed by atoms with Crippen LogP contribution in [0.4, 0.5) is 0 Å². The molecule has 0 saturated heterocycles. The van der Waals surface area contributed by atoms with Crippen LogP contribution in [0.15, 0.2) is 0 Å². The third kappa shape index (κ3) is 1.44. The summed E-state index contributed by atoms with van der Waals surface area (Å²) in [5.41, 5.74) is -0.854. The Kier molecular flexibility index (Phi) is 2.39. The van der Waals surface area contributed by atoms with Crippen LogP contribution in [-0.4, -0.2) is 34.0 Å². The molecule has 1 fully saturated rings. The van der Waals surface area contributed by atoms with Gasteiger partial charge in [0.25, 0.3) is 0 Å².